The molecule has 1 aliphatic rings. The molecule has 0 saturated heterocycles. The first-order valence-electron chi connectivity index (χ1n) is 7.09. The summed E-state index contributed by atoms with van der Waals surface area (Å²) in [6.07, 6.45) is 5.49. The van der Waals surface area contributed by atoms with Crippen LogP contribution < -0.4 is 5.19 Å². The second-order valence-corrected chi connectivity index (χ2v) is 6.52. The number of ether oxygens (including phenoxy) is 1. The van der Waals surface area contributed by atoms with E-state index in [0.29, 0.717) is 17.4 Å². The molecule has 1 heterocycles. The fourth-order valence-electron chi connectivity index (χ4n) is 2.29. The van der Waals surface area contributed by atoms with E-state index in [1.54, 1.807) is 19.1 Å². The molecule has 0 fully saturated rings. The second-order valence-electron chi connectivity index (χ2n) is 5.22. The zero-order valence-corrected chi connectivity index (χ0v) is 13.0. The summed E-state index contributed by atoms with van der Waals surface area (Å²) in [6, 6.07) is 4.09. The Morgan fingerprint density at radius 3 is 2.75 bits per heavy atom. The molecule has 0 bridgehead atoms. The van der Waals surface area contributed by atoms with Crippen LogP contribution in [0, 0.1) is 18.6 Å². The van der Waals surface area contributed by atoms with Crippen LogP contribution in [0.2, 0.25) is 6.04 Å². The van der Waals surface area contributed by atoms with Gasteiger partial charge in [0.25, 0.3) is 0 Å². The highest BCUT2D eigenvalue weighted by atomic mass is 28.2. The Morgan fingerprint density at radius 1 is 1.30 bits per heavy atom. The number of hydrogen-bond donors (Lipinski definition) is 0. The van der Waals surface area contributed by atoms with Gasteiger partial charge in [-0.25, -0.2) is 8.78 Å². The quantitative estimate of drug-likeness (QED) is 0.596. The summed E-state index contributed by atoms with van der Waals surface area (Å²) in [4.78, 5) is 0. The average Bonchev–Trinajstić information content (AvgIpc) is 2.46. The van der Waals surface area contributed by atoms with Crippen molar-refractivity contribution in [1.29, 1.82) is 0 Å². The van der Waals surface area contributed by atoms with Crippen molar-refractivity contribution in [2.75, 3.05) is 6.61 Å². The van der Waals surface area contributed by atoms with E-state index in [4.69, 9.17) is 4.74 Å². The van der Waals surface area contributed by atoms with E-state index in [-0.39, 0.29) is 15.6 Å². The van der Waals surface area contributed by atoms with Crippen LogP contribution in [0.1, 0.15) is 31.7 Å². The average molecular weight is 294 g/mol. The molecular weight excluding hydrogens is 274 g/mol. The smallest absolute Gasteiger partial charge is 0.161 e. The van der Waals surface area contributed by atoms with Crippen molar-refractivity contribution in [3.05, 3.63) is 41.0 Å². The van der Waals surface area contributed by atoms with E-state index in [9.17, 15) is 8.78 Å². The van der Waals surface area contributed by atoms with Gasteiger partial charge in [-0.2, -0.15) is 0 Å². The highest BCUT2D eigenvalue weighted by molar-refractivity contribution is 6.53. The molecule has 0 aliphatic carbocycles. The fourth-order valence-corrected chi connectivity index (χ4v) is 3.49. The van der Waals surface area contributed by atoms with Crippen molar-refractivity contribution in [2.45, 2.75) is 45.3 Å². The van der Waals surface area contributed by atoms with Gasteiger partial charge in [0.1, 0.15) is 0 Å². The third kappa shape index (κ3) is 3.76. The molecule has 0 spiro atoms. The number of hydrogen-bond acceptors (Lipinski definition) is 1. The Bertz CT molecular complexity index is 499. The van der Waals surface area contributed by atoms with E-state index in [2.05, 4.69) is 13.0 Å². The predicted molar refractivity (Wildman–Crippen MR) is 78.6 cm³/mol. The van der Waals surface area contributed by atoms with Crippen molar-refractivity contribution < 1.29 is 13.5 Å². The van der Waals surface area contributed by atoms with Gasteiger partial charge >= 0.3 is 0 Å². The molecule has 1 atom stereocenters. The summed E-state index contributed by atoms with van der Waals surface area (Å²) in [5, 5.41) is 0.472. The van der Waals surface area contributed by atoms with E-state index in [1.165, 1.54) is 5.57 Å². The Hall–Kier alpha value is -1.00. The van der Waals surface area contributed by atoms with Crippen molar-refractivity contribution >= 4 is 14.7 Å². The third-order valence-electron chi connectivity index (χ3n) is 3.54. The molecule has 20 heavy (non-hydrogen) atoms. The van der Waals surface area contributed by atoms with E-state index < -0.39 is 11.6 Å². The van der Waals surface area contributed by atoms with E-state index in [0.717, 1.165) is 25.3 Å². The van der Waals surface area contributed by atoms with Gasteiger partial charge in [0.05, 0.1) is 22.2 Å². The maximum absolute atomic E-state index is 13.8. The van der Waals surface area contributed by atoms with Crippen molar-refractivity contribution in [1.82, 2.24) is 0 Å². The zero-order chi connectivity index (χ0) is 14.5. The first kappa shape index (κ1) is 15.4. The number of rotatable bonds is 5. The van der Waals surface area contributed by atoms with Gasteiger partial charge in [0.2, 0.25) is 0 Å². The van der Waals surface area contributed by atoms with Gasteiger partial charge in [-0.05, 0) is 42.1 Å². The minimum Gasteiger partial charge on any atom is -0.374 e. The van der Waals surface area contributed by atoms with Crippen LogP contribution in [-0.2, 0) is 4.74 Å². The molecule has 1 aromatic carbocycles. The highest BCUT2D eigenvalue weighted by Gasteiger charge is 2.17. The van der Waals surface area contributed by atoms with Crippen molar-refractivity contribution in [2.24, 2.45) is 0 Å². The number of halogens is 2. The van der Waals surface area contributed by atoms with Crippen LogP contribution >= 0.6 is 0 Å². The van der Waals surface area contributed by atoms with Crippen LogP contribution in [0.5, 0.6) is 0 Å². The molecule has 1 aromatic rings. The largest absolute Gasteiger partial charge is 0.374 e. The molecule has 2 rings (SSSR count). The molecule has 1 nitrogen and oxygen atoms in total. The number of benzene rings is 1. The summed E-state index contributed by atoms with van der Waals surface area (Å²) in [5.74, 6) is -1.41. The topological polar surface area (TPSA) is 9.23 Å². The van der Waals surface area contributed by atoms with Crippen molar-refractivity contribution in [3.63, 3.8) is 0 Å². The van der Waals surface area contributed by atoms with Crippen molar-refractivity contribution in [3.8, 4) is 0 Å². The Morgan fingerprint density at radius 2 is 2.10 bits per heavy atom. The Balaban J connectivity index is 1.89. The van der Waals surface area contributed by atoms with Crippen LogP contribution in [0.4, 0.5) is 8.78 Å². The lowest BCUT2D eigenvalue weighted by Crippen LogP contribution is -2.27. The van der Waals surface area contributed by atoms with Crippen LogP contribution in [0.3, 0.4) is 0 Å². The van der Waals surface area contributed by atoms with Gasteiger partial charge in [-0.15, -0.1) is 0 Å². The molecular formula is C16H20F2OSi. The van der Waals surface area contributed by atoms with Gasteiger partial charge in [0, 0.05) is 0 Å². The van der Waals surface area contributed by atoms with Gasteiger partial charge in [0.15, 0.2) is 11.6 Å². The summed E-state index contributed by atoms with van der Waals surface area (Å²) >= 11 is 0. The van der Waals surface area contributed by atoms with E-state index >= 15 is 0 Å². The summed E-state index contributed by atoms with van der Waals surface area (Å²) in [6.45, 7) is 4.42. The third-order valence-corrected chi connectivity index (χ3v) is 4.97. The monoisotopic (exact) mass is 294 g/mol. The number of aryl methyl sites for hydroxylation is 1. The van der Waals surface area contributed by atoms with E-state index in [1.807, 2.05) is 0 Å². The molecule has 1 aliphatic heterocycles. The molecule has 0 N–H and O–H groups in total. The molecule has 0 aromatic heterocycles. The lowest BCUT2D eigenvalue weighted by molar-refractivity contribution is 0.0740. The Labute approximate surface area is 121 Å². The highest BCUT2D eigenvalue weighted by Crippen LogP contribution is 2.18. The standard InChI is InChI=1S/C16H20F2OSi/c1-3-4-12-6-7-13(19-9-12)10-20-14-8-5-11(2)15(17)16(14)18/h5-6,8,13H,3-4,7,9-10H2,1-2H3. The van der Waals surface area contributed by atoms with Crippen LogP contribution in [0.15, 0.2) is 23.8 Å². The fraction of sp³-hybridized carbons (Fsp3) is 0.500. The lowest BCUT2D eigenvalue weighted by Gasteiger charge is -2.22. The molecule has 108 valence electrons. The summed E-state index contributed by atoms with van der Waals surface area (Å²) < 4.78 is 33.0. The molecule has 0 amide bonds. The molecule has 1 unspecified atom stereocenters. The lowest BCUT2D eigenvalue weighted by atomic mass is 10.1. The Kier molecular flexibility index (Phi) is 5.49. The second kappa shape index (κ2) is 7.13. The zero-order valence-electron chi connectivity index (χ0n) is 12.0. The van der Waals surface area contributed by atoms with Gasteiger partial charge < -0.3 is 4.74 Å². The summed E-state index contributed by atoms with van der Waals surface area (Å²) in [5.41, 5.74) is 1.72. The molecule has 4 heteroatoms. The SMILES string of the molecule is CCCC1=CCC(C[Si]c2ccc(C)c(F)c2F)OC1. The van der Waals surface area contributed by atoms with Gasteiger partial charge in [-0.1, -0.05) is 31.6 Å². The van der Waals surface area contributed by atoms with Crippen LogP contribution in [-0.4, -0.2) is 22.2 Å². The maximum Gasteiger partial charge on any atom is 0.161 e. The molecule has 0 saturated carbocycles. The maximum atomic E-state index is 13.8. The minimum atomic E-state index is -0.718. The molecule has 2 radical (unpaired) electrons. The van der Waals surface area contributed by atoms with Crippen LogP contribution in [0.25, 0.3) is 0 Å². The predicted octanol–water partition coefficient (Wildman–Crippen LogP) is 3.54. The summed E-state index contributed by atoms with van der Waals surface area (Å²) in [7, 11) is 0.251. The van der Waals surface area contributed by atoms with Gasteiger partial charge in [-0.3, -0.25) is 0 Å². The normalized spacial score (nSPS) is 19.0. The first-order chi connectivity index (χ1) is 9.61. The first-order valence-corrected chi connectivity index (χ1v) is 8.30. The minimum absolute atomic E-state index is 0.137.